The van der Waals surface area contributed by atoms with Crippen molar-refractivity contribution in [1.29, 1.82) is 0 Å². The van der Waals surface area contributed by atoms with Gasteiger partial charge in [-0.15, -0.1) is 0 Å². The zero-order valence-electron chi connectivity index (χ0n) is 6.26. The summed E-state index contributed by atoms with van der Waals surface area (Å²) in [6.45, 7) is 5.98. The van der Waals surface area contributed by atoms with E-state index in [0.717, 1.165) is 12.8 Å². The van der Waals surface area contributed by atoms with E-state index in [0.29, 0.717) is 0 Å². The molecule has 0 heterocycles. The van der Waals surface area contributed by atoms with Gasteiger partial charge >= 0.3 is 0 Å². The van der Waals surface area contributed by atoms with Crippen molar-refractivity contribution < 1.29 is 4.74 Å². The molecule has 0 saturated carbocycles. The van der Waals surface area contributed by atoms with E-state index in [4.69, 9.17) is 4.74 Å². The Hall–Kier alpha value is -0.460. The second-order valence-electron chi connectivity index (χ2n) is 1.87. The van der Waals surface area contributed by atoms with Gasteiger partial charge in [-0.05, 0) is 18.9 Å². The zero-order valence-corrected chi connectivity index (χ0v) is 6.26. The smallest absolute Gasteiger partial charge is 0.134 e. The highest BCUT2D eigenvalue weighted by molar-refractivity contribution is 4.73. The van der Waals surface area contributed by atoms with E-state index in [1.165, 1.54) is 6.42 Å². The van der Waals surface area contributed by atoms with Crippen molar-refractivity contribution in [3.63, 3.8) is 0 Å². The predicted molar refractivity (Wildman–Crippen MR) is 39.7 cm³/mol. The molecule has 0 atom stereocenters. The Bertz CT molecular complexity index is 67.0. The van der Waals surface area contributed by atoms with E-state index >= 15 is 0 Å². The summed E-state index contributed by atoms with van der Waals surface area (Å²) in [5, 5.41) is 0. The first-order valence-electron chi connectivity index (χ1n) is 3.54. The molecule has 0 fully saturated rings. The third-order valence-corrected chi connectivity index (χ3v) is 0.893. The number of rotatable bonds is 5. The lowest BCUT2D eigenvalue weighted by Gasteiger charge is -1.92. The molecule has 1 nitrogen and oxygen atoms in total. The highest BCUT2D eigenvalue weighted by Gasteiger charge is 1.75. The lowest BCUT2D eigenvalue weighted by molar-refractivity contribution is 0.324. The molecule has 0 saturated heterocycles. The van der Waals surface area contributed by atoms with Gasteiger partial charge in [0.1, 0.15) is 6.61 Å². The zero-order chi connectivity index (χ0) is 6.95. The minimum atomic E-state index is 0.969. The molecule has 0 rings (SSSR count). The fraction of sp³-hybridized carbons (Fsp3) is 0.625. The van der Waals surface area contributed by atoms with E-state index in [9.17, 15) is 0 Å². The molecular weight excluding hydrogens is 112 g/mol. The van der Waals surface area contributed by atoms with Gasteiger partial charge in [0.25, 0.3) is 0 Å². The second kappa shape index (κ2) is 7.54. The van der Waals surface area contributed by atoms with Crippen LogP contribution in [0.25, 0.3) is 0 Å². The molecule has 1 heteroatoms. The van der Waals surface area contributed by atoms with Crippen LogP contribution in [0.5, 0.6) is 0 Å². The standard InChI is InChI=1S/C8H15O/c1-3-5-6-8-9-7-4-2/h6-8H,3-5H2,1-2H3/b8-6+. The maximum absolute atomic E-state index is 4.98. The quantitative estimate of drug-likeness (QED) is 0.407. The van der Waals surface area contributed by atoms with Crippen LogP contribution in [0.4, 0.5) is 0 Å². The highest BCUT2D eigenvalue weighted by Crippen LogP contribution is 1.92. The summed E-state index contributed by atoms with van der Waals surface area (Å²) in [5.74, 6) is 0. The molecule has 0 aromatic carbocycles. The van der Waals surface area contributed by atoms with Crippen LogP contribution in [-0.2, 0) is 4.74 Å². The van der Waals surface area contributed by atoms with Crippen LogP contribution in [0.2, 0.25) is 0 Å². The molecule has 0 aromatic rings. The van der Waals surface area contributed by atoms with E-state index in [1.807, 2.05) is 13.0 Å². The monoisotopic (exact) mass is 127 g/mol. The van der Waals surface area contributed by atoms with Gasteiger partial charge in [0.05, 0.1) is 6.26 Å². The maximum atomic E-state index is 4.98. The first-order valence-corrected chi connectivity index (χ1v) is 3.54. The van der Waals surface area contributed by atoms with Gasteiger partial charge in [-0.25, -0.2) is 0 Å². The summed E-state index contributed by atoms with van der Waals surface area (Å²) < 4.78 is 4.98. The Kier molecular flexibility index (Phi) is 7.15. The van der Waals surface area contributed by atoms with Crippen LogP contribution in [0.1, 0.15) is 33.1 Å². The van der Waals surface area contributed by atoms with Gasteiger partial charge < -0.3 is 4.74 Å². The van der Waals surface area contributed by atoms with Crippen molar-refractivity contribution in [1.82, 2.24) is 0 Å². The number of hydrogen-bond acceptors (Lipinski definition) is 1. The number of allylic oxidation sites excluding steroid dienone is 1. The maximum Gasteiger partial charge on any atom is 0.134 e. The second-order valence-corrected chi connectivity index (χ2v) is 1.87. The molecule has 53 valence electrons. The third kappa shape index (κ3) is 7.54. The van der Waals surface area contributed by atoms with Crippen molar-refractivity contribution in [3.05, 3.63) is 18.9 Å². The molecule has 0 aliphatic heterocycles. The van der Waals surface area contributed by atoms with Crippen molar-refractivity contribution in [3.8, 4) is 0 Å². The lowest BCUT2D eigenvalue weighted by atomic mass is 10.3. The van der Waals surface area contributed by atoms with Crippen LogP contribution in [0, 0.1) is 6.61 Å². The van der Waals surface area contributed by atoms with Crippen molar-refractivity contribution >= 4 is 0 Å². The molecule has 0 amide bonds. The Morgan fingerprint density at radius 1 is 1.33 bits per heavy atom. The SMILES string of the molecule is CC[CH]O/C=C/CCC. The fourth-order valence-electron chi connectivity index (χ4n) is 0.442. The Labute approximate surface area is 57.7 Å². The first-order chi connectivity index (χ1) is 4.41. The Morgan fingerprint density at radius 2 is 2.11 bits per heavy atom. The number of hydrogen-bond donors (Lipinski definition) is 0. The van der Waals surface area contributed by atoms with Gasteiger partial charge in [0, 0.05) is 0 Å². The summed E-state index contributed by atoms with van der Waals surface area (Å²) in [5.41, 5.74) is 0. The minimum Gasteiger partial charge on any atom is -0.495 e. The molecule has 0 spiro atoms. The Balaban J connectivity index is 2.86. The summed E-state index contributed by atoms with van der Waals surface area (Å²) in [6.07, 6.45) is 7.04. The van der Waals surface area contributed by atoms with Crippen molar-refractivity contribution in [2.24, 2.45) is 0 Å². The molecule has 0 aliphatic carbocycles. The molecule has 0 bridgehead atoms. The molecule has 9 heavy (non-hydrogen) atoms. The van der Waals surface area contributed by atoms with Gasteiger partial charge in [0.15, 0.2) is 0 Å². The average Bonchev–Trinajstić information content (AvgIpc) is 1.89. The van der Waals surface area contributed by atoms with Crippen LogP contribution < -0.4 is 0 Å². The molecular formula is C8H15O. The molecule has 0 N–H and O–H groups in total. The van der Waals surface area contributed by atoms with Crippen LogP contribution in [-0.4, -0.2) is 0 Å². The number of unbranched alkanes of at least 4 members (excludes halogenated alkanes) is 1. The van der Waals surface area contributed by atoms with Crippen molar-refractivity contribution in [2.75, 3.05) is 0 Å². The number of ether oxygens (including phenoxy) is 1. The summed E-state index contributed by atoms with van der Waals surface area (Å²) >= 11 is 0. The predicted octanol–water partition coefficient (Wildman–Crippen LogP) is 2.89. The van der Waals surface area contributed by atoms with Crippen LogP contribution in [0.15, 0.2) is 12.3 Å². The largest absolute Gasteiger partial charge is 0.495 e. The summed E-state index contributed by atoms with van der Waals surface area (Å²) in [7, 11) is 0. The van der Waals surface area contributed by atoms with E-state index < -0.39 is 0 Å². The summed E-state index contributed by atoms with van der Waals surface area (Å²) in [4.78, 5) is 0. The van der Waals surface area contributed by atoms with E-state index in [2.05, 4.69) is 6.92 Å². The minimum absolute atomic E-state index is 0.969. The average molecular weight is 127 g/mol. The fourth-order valence-corrected chi connectivity index (χ4v) is 0.442. The van der Waals surface area contributed by atoms with Crippen LogP contribution >= 0.6 is 0 Å². The van der Waals surface area contributed by atoms with E-state index in [1.54, 1.807) is 12.9 Å². The lowest BCUT2D eigenvalue weighted by Crippen LogP contribution is -1.73. The first kappa shape index (κ1) is 8.54. The van der Waals surface area contributed by atoms with E-state index in [-0.39, 0.29) is 0 Å². The molecule has 0 aromatic heterocycles. The Morgan fingerprint density at radius 3 is 2.67 bits per heavy atom. The van der Waals surface area contributed by atoms with Gasteiger partial charge in [-0.2, -0.15) is 0 Å². The highest BCUT2D eigenvalue weighted by atomic mass is 16.5. The van der Waals surface area contributed by atoms with Gasteiger partial charge in [0.2, 0.25) is 0 Å². The van der Waals surface area contributed by atoms with Gasteiger partial charge in [-0.3, -0.25) is 0 Å². The summed E-state index contributed by atoms with van der Waals surface area (Å²) in [6, 6.07) is 0. The third-order valence-electron chi connectivity index (χ3n) is 0.893. The topological polar surface area (TPSA) is 9.23 Å². The molecule has 0 aliphatic rings. The molecule has 0 unspecified atom stereocenters. The normalized spacial score (nSPS) is 10.4. The van der Waals surface area contributed by atoms with Gasteiger partial charge in [-0.1, -0.05) is 20.3 Å². The van der Waals surface area contributed by atoms with Crippen LogP contribution in [0.3, 0.4) is 0 Å². The molecule has 1 radical (unpaired) electrons. The van der Waals surface area contributed by atoms with Crippen molar-refractivity contribution in [2.45, 2.75) is 33.1 Å².